The molecule has 1 N–H and O–H groups in total. The van der Waals surface area contributed by atoms with Gasteiger partial charge in [-0.1, -0.05) is 0 Å². The Morgan fingerprint density at radius 1 is 1.45 bits per heavy atom. The van der Waals surface area contributed by atoms with E-state index in [1.165, 1.54) is 0 Å². The zero-order valence-corrected chi connectivity index (χ0v) is 7.00. The van der Waals surface area contributed by atoms with Crippen LogP contribution in [0.5, 0.6) is 0 Å². The van der Waals surface area contributed by atoms with Gasteiger partial charge in [-0.2, -0.15) is 4.98 Å². The topological polar surface area (TPSA) is 41.1 Å². The van der Waals surface area contributed by atoms with Gasteiger partial charge in [-0.25, -0.2) is 4.98 Å². The van der Waals surface area contributed by atoms with Gasteiger partial charge in [0.05, 0.1) is 0 Å². The molecule has 4 nitrogen and oxygen atoms in total. The second-order valence-corrected chi connectivity index (χ2v) is 2.39. The number of hydrogen-bond donors (Lipinski definition) is 1. The van der Waals surface area contributed by atoms with Crippen molar-refractivity contribution in [3.63, 3.8) is 0 Å². The van der Waals surface area contributed by atoms with Crippen LogP contribution in [-0.2, 0) is 0 Å². The third-order valence-corrected chi connectivity index (χ3v) is 1.30. The molecule has 0 atom stereocenters. The lowest BCUT2D eigenvalue weighted by Gasteiger charge is -2.09. The van der Waals surface area contributed by atoms with E-state index in [-0.39, 0.29) is 0 Å². The summed E-state index contributed by atoms with van der Waals surface area (Å²) in [5.74, 6) is 1.56. The lowest BCUT2D eigenvalue weighted by molar-refractivity contribution is 0.999. The monoisotopic (exact) mass is 152 g/mol. The standard InChI is InChI=1S/C7H12N4/c1-8-6-4-5-9-7(10-6)11(2)3/h4-5H,1-3H3,(H,8,9,10). The molecule has 0 unspecified atom stereocenters. The largest absolute Gasteiger partial charge is 0.373 e. The van der Waals surface area contributed by atoms with Crippen LogP contribution in [-0.4, -0.2) is 31.1 Å². The van der Waals surface area contributed by atoms with Crippen LogP contribution in [0.1, 0.15) is 0 Å². The number of nitrogens with one attached hydrogen (secondary N) is 1. The molecule has 0 aromatic carbocycles. The smallest absolute Gasteiger partial charge is 0.226 e. The summed E-state index contributed by atoms with van der Waals surface area (Å²) in [5.41, 5.74) is 0. The molecule has 0 radical (unpaired) electrons. The molecule has 0 aliphatic carbocycles. The van der Waals surface area contributed by atoms with Gasteiger partial charge < -0.3 is 10.2 Å². The lowest BCUT2D eigenvalue weighted by atomic mass is 10.6. The van der Waals surface area contributed by atoms with Crippen LogP contribution in [0.3, 0.4) is 0 Å². The summed E-state index contributed by atoms with van der Waals surface area (Å²) in [6.45, 7) is 0. The maximum Gasteiger partial charge on any atom is 0.226 e. The van der Waals surface area contributed by atoms with Crippen LogP contribution in [0.25, 0.3) is 0 Å². The fourth-order valence-electron chi connectivity index (χ4n) is 0.703. The Kier molecular flexibility index (Phi) is 2.25. The number of rotatable bonds is 2. The van der Waals surface area contributed by atoms with E-state index >= 15 is 0 Å². The van der Waals surface area contributed by atoms with Gasteiger partial charge in [-0.05, 0) is 6.07 Å². The molecular weight excluding hydrogens is 140 g/mol. The van der Waals surface area contributed by atoms with Crippen LogP contribution < -0.4 is 10.2 Å². The third kappa shape index (κ3) is 1.80. The lowest BCUT2D eigenvalue weighted by Crippen LogP contribution is -2.12. The first-order valence-corrected chi connectivity index (χ1v) is 3.42. The van der Waals surface area contributed by atoms with Crippen LogP contribution in [0.4, 0.5) is 11.8 Å². The summed E-state index contributed by atoms with van der Waals surface area (Å²) in [7, 11) is 5.66. The van der Waals surface area contributed by atoms with Crippen LogP contribution in [0, 0.1) is 0 Å². The SMILES string of the molecule is CNc1ccnc(N(C)C)n1. The molecule has 0 aliphatic rings. The molecule has 0 saturated carbocycles. The average Bonchev–Trinajstić information content (AvgIpc) is 2.05. The average molecular weight is 152 g/mol. The molecule has 1 rings (SSSR count). The highest BCUT2D eigenvalue weighted by Crippen LogP contribution is 2.05. The van der Waals surface area contributed by atoms with Crippen molar-refractivity contribution in [1.82, 2.24) is 9.97 Å². The Labute approximate surface area is 66.3 Å². The molecule has 0 saturated heterocycles. The van der Waals surface area contributed by atoms with E-state index in [4.69, 9.17) is 0 Å². The zero-order valence-electron chi connectivity index (χ0n) is 7.00. The highest BCUT2D eigenvalue weighted by Gasteiger charge is 1.97. The molecule has 11 heavy (non-hydrogen) atoms. The summed E-state index contributed by atoms with van der Waals surface area (Å²) in [6, 6.07) is 1.83. The number of hydrogen-bond acceptors (Lipinski definition) is 4. The fraction of sp³-hybridized carbons (Fsp3) is 0.429. The predicted molar refractivity (Wildman–Crippen MR) is 45.9 cm³/mol. The molecule has 0 amide bonds. The highest BCUT2D eigenvalue weighted by molar-refractivity contribution is 5.39. The second-order valence-electron chi connectivity index (χ2n) is 2.39. The molecule has 1 heterocycles. The third-order valence-electron chi connectivity index (χ3n) is 1.30. The van der Waals surface area contributed by atoms with E-state index in [0.29, 0.717) is 0 Å². The normalized spacial score (nSPS) is 9.36. The molecule has 1 aromatic rings. The van der Waals surface area contributed by atoms with Crippen molar-refractivity contribution >= 4 is 11.8 Å². The minimum absolute atomic E-state index is 0.719. The van der Waals surface area contributed by atoms with Gasteiger partial charge in [-0.3, -0.25) is 0 Å². The van der Waals surface area contributed by atoms with Crippen molar-refractivity contribution in [2.75, 3.05) is 31.4 Å². The van der Waals surface area contributed by atoms with Gasteiger partial charge in [-0.15, -0.1) is 0 Å². The molecule has 1 aromatic heterocycles. The van der Waals surface area contributed by atoms with E-state index in [1.54, 1.807) is 6.20 Å². The maximum atomic E-state index is 4.19. The van der Waals surface area contributed by atoms with E-state index in [2.05, 4.69) is 15.3 Å². The summed E-state index contributed by atoms with van der Waals surface area (Å²) < 4.78 is 0. The summed E-state index contributed by atoms with van der Waals surface area (Å²) in [4.78, 5) is 10.1. The predicted octanol–water partition coefficient (Wildman–Crippen LogP) is 0.584. The Hall–Kier alpha value is -1.32. The van der Waals surface area contributed by atoms with E-state index in [9.17, 15) is 0 Å². The molecule has 60 valence electrons. The minimum Gasteiger partial charge on any atom is -0.373 e. The Balaban J connectivity index is 2.91. The summed E-state index contributed by atoms with van der Waals surface area (Å²) in [6.07, 6.45) is 1.73. The van der Waals surface area contributed by atoms with E-state index < -0.39 is 0 Å². The first-order valence-electron chi connectivity index (χ1n) is 3.42. The second kappa shape index (κ2) is 3.18. The summed E-state index contributed by atoms with van der Waals surface area (Å²) in [5, 5.41) is 2.94. The van der Waals surface area contributed by atoms with E-state index in [1.807, 2.05) is 32.1 Å². The molecule has 0 spiro atoms. The van der Waals surface area contributed by atoms with Crippen molar-refractivity contribution in [2.24, 2.45) is 0 Å². The molecule has 0 aliphatic heterocycles. The number of nitrogens with zero attached hydrogens (tertiary/aromatic N) is 3. The number of aromatic nitrogens is 2. The maximum absolute atomic E-state index is 4.19. The van der Waals surface area contributed by atoms with Gasteiger partial charge in [0.15, 0.2) is 0 Å². The molecule has 0 bridgehead atoms. The Bertz CT molecular complexity index is 234. The van der Waals surface area contributed by atoms with Crippen molar-refractivity contribution in [2.45, 2.75) is 0 Å². The van der Waals surface area contributed by atoms with Crippen molar-refractivity contribution in [3.8, 4) is 0 Å². The first-order chi connectivity index (χ1) is 5.24. The quantitative estimate of drug-likeness (QED) is 0.673. The van der Waals surface area contributed by atoms with Crippen molar-refractivity contribution in [1.29, 1.82) is 0 Å². The highest BCUT2D eigenvalue weighted by atomic mass is 15.2. The molecular formula is C7H12N4. The zero-order chi connectivity index (χ0) is 8.27. The first kappa shape index (κ1) is 7.78. The van der Waals surface area contributed by atoms with E-state index in [0.717, 1.165) is 11.8 Å². The van der Waals surface area contributed by atoms with Crippen LogP contribution in [0.2, 0.25) is 0 Å². The number of anilines is 2. The van der Waals surface area contributed by atoms with Gasteiger partial charge in [0.25, 0.3) is 0 Å². The van der Waals surface area contributed by atoms with Gasteiger partial charge >= 0.3 is 0 Å². The van der Waals surface area contributed by atoms with Gasteiger partial charge in [0.1, 0.15) is 5.82 Å². The minimum atomic E-state index is 0.719. The Morgan fingerprint density at radius 3 is 2.73 bits per heavy atom. The fourth-order valence-corrected chi connectivity index (χ4v) is 0.703. The van der Waals surface area contributed by atoms with Crippen LogP contribution >= 0.6 is 0 Å². The molecule has 0 fully saturated rings. The van der Waals surface area contributed by atoms with Gasteiger partial charge in [0, 0.05) is 27.3 Å². The molecule has 4 heteroatoms. The van der Waals surface area contributed by atoms with Crippen molar-refractivity contribution < 1.29 is 0 Å². The van der Waals surface area contributed by atoms with Gasteiger partial charge in [0.2, 0.25) is 5.95 Å². The van der Waals surface area contributed by atoms with Crippen molar-refractivity contribution in [3.05, 3.63) is 12.3 Å². The van der Waals surface area contributed by atoms with Crippen LogP contribution in [0.15, 0.2) is 12.3 Å². The Morgan fingerprint density at radius 2 is 2.18 bits per heavy atom. The summed E-state index contributed by atoms with van der Waals surface area (Å²) >= 11 is 0.